The summed E-state index contributed by atoms with van der Waals surface area (Å²) in [5.74, 6) is 0. The van der Waals surface area contributed by atoms with Crippen molar-refractivity contribution in [2.24, 2.45) is 0 Å². The van der Waals surface area contributed by atoms with Gasteiger partial charge in [-0.15, -0.1) is 22.4 Å². The van der Waals surface area contributed by atoms with E-state index >= 15 is 0 Å². The molecule has 0 rings (SSSR count). The third-order valence-electron chi connectivity index (χ3n) is 0.109. The zero-order valence-electron chi connectivity index (χ0n) is 2.49. The van der Waals surface area contributed by atoms with Crippen molar-refractivity contribution in [3.05, 3.63) is 0 Å². The molecule has 0 unspecified atom stereocenters. The first-order valence-corrected chi connectivity index (χ1v) is 3.88. The van der Waals surface area contributed by atoms with E-state index in [0.29, 0.717) is 0 Å². The molecule has 0 aromatic carbocycles. The first-order chi connectivity index (χ1) is 1.91. The van der Waals surface area contributed by atoms with Gasteiger partial charge in [0.05, 0.1) is 0 Å². The van der Waals surface area contributed by atoms with Gasteiger partial charge in [0.25, 0.3) is 4.41 Å². The largest absolute Gasteiger partial charge is 0.264 e. The Morgan fingerprint density at radius 3 is 2.25 bits per heavy atom. The first-order valence-electron chi connectivity index (χ1n) is 0.964. The minimum atomic E-state index is 1.21. The summed E-state index contributed by atoms with van der Waals surface area (Å²) in [5, 5.41) is 0. The summed E-state index contributed by atoms with van der Waals surface area (Å²) in [6, 6.07) is 0. The molecule has 0 N–H and O–H groups in total. The van der Waals surface area contributed by atoms with Gasteiger partial charge < -0.3 is 0 Å². The summed E-state index contributed by atoms with van der Waals surface area (Å²) in [6.07, 6.45) is 2.09. The van der Waals surface area contributed by atoms with Crippen LogP contribution in [0.1, 0.15) is 0 Å². The molecule has 0 fully saturated rings. The first kappa shape index (κ1) is 5.14. The van der Waals surface area contributed by atoms with E-state index in [1.807, 2.05) is 11.6 Å². The second-order valence-corrected chi connectivity index (χ2v) is 3.06. The summed E-state index contributed by atoms with van der Waals surface area (Å²) in [7, 11) is 0. The van der Waals surface area contributed by atoms with Crippen LogP contribution in [0.25, 0.3) is 0 Å². The minimum Gasteiger partial charge on any atom is -0.203 e. The highest BCUT2D eigenvalue weighted by Gasteiger charge is 1.64. The molecule has 0 saturated carbocycles. The van der Waals surface area contributed by atoms with E-state index in [1.165, 1.54) is 4.41 Å². The maximum absolute atomic E-state index is 2.31. The van der Waals surface area contributed by atoms with Crippen LogP contribution in [0.3, 0.4) is 0 Å². The number of hydrogen-bond acceptors (Lipinski definition) is 1. The Bertz CT molecular complexity index is 10.0. The van der Waals surface area contributed by atoms with Crippen LogP contribution in [-0.4, -0.2) is 10.7 Å². The molecule has 0 amide bonds. The lowest BCUT2D eigenvalue weighted by Gasteiger charge is -1.64. The Kier molecular flexibility index (Phi) is 5.33. The molecule has 0 aliphatic heterocycles. The third-order valence-corrected chi connectivity index (χ3v) is 2.20. The van der Waals surface area contributed by atoms with Gasteiger partial charge >= 0.3 is 0 Å². The summed E-state index contributed by atoms with van der Waals surface area (Å²) >= 11 is 4.16. The van der Waals surface area contributed by atoms with E-state index in [4.69, 9.17) is 0 Å². The molecule has 0 aromatic heterocycles. The van der Waals surface area contributed by atoms with E-state index in [9.17, 15) is 0 Å². The fourth-order valence-electron chi connectivity index (χ4n) is 0. The molecule has 0 aromatic rings. The highest BCUT2D eigenvalue weighted by atomic mass is 127. The lowest BCUT2D eigenvalue weighted by atomic mass is 10.8. The van der Waals surface area contributed by atoms with Gasteiger partial charge in [0, 0.05) is 0 Å². The fraction of sp³-hybridized carbons (Fsp3) is 1.00. The SMILES string of the molecule is CSBI. The van der Waals surface area contributed by atoms with E-state index in [-0.39, 0.29) is 0 Å². The lowest BCUT2D eigenvalue weighted by molar-refractivity contribution is 2.54. The smallest absolute Gasteiger partial charge is 0.203 e. The maximum atomic E-state index is 2.31. The van der Waals surface area contributed by atoms with Crippen molar-refractivity contribution in [2.75, 3.05) is 6.26 Å². The van der Waals surface area contributed by atoms with Crippen LogP contribution >= 0.6 is 34.0 Å². The Morgan fingerprint density at radius 1 is 2.00 bits per heavy atom. The maximum Gasteiger partial charge on any atom is 0.264 e. The second-order valence-electron chi connectivity index (χ2n) is 0.398. The second kappa shape index (κ2) is 4.14. The summed E-state index contributed by atoms with van der Waals surface area (Å²) in [4.78, 5) is 0. The van der Waals surface area contributed by atoms with Crippen molar-refractivity contribution >= 4 is 38.4 Å². The van der Waals surface area contributed by atoms with Gasteiger partial charge in [-0.05, 0) is 6.26 Å². The van der Waals surface area contributed by atoms with E-state index in [0.717, 1.165) is 0 Å². The molecule has 0 saturated heterocycles. The quantitative estimate of drug-likeness (QED) is 0.435. The molecule has 0 heterocycles. The van der Waals surface area contributed by atoms with Crippen molar-refractivity contribution in [3.63, 3.8) is 0 Å². The highest BCUT2D eigenvalue weighted by Crippen LogP contribution is 1.90. The van der Waals surface area contributed by atoms with Gasteiger partial charge in [-0.25, -0.2) is 11.6 Å². The number of halogens is 1. The Balaban J connectivity index is 1.97. The fourth-order valence-corrected chi connectivity index (χ4v) is 0. The van der Waals surface area contributed by atoms with E-state index < -0.39 is 0 Å². The summed E-state index contributed by atoms with van der Waals surface area (Å²) in [6.45, 7) is 0. The molecule has 0 atom stereocenters. The Hall–Kier alpha value is 1.14. The van der Waals surface area contributed by atoms with Crippen LogP contribution in [0, 0.1) is 0 Å². The molecule has 0 nitrogen and oxygen atoms in total. The van der Waals surface area contributed by atoms with Crippen LogP contribution in [-0.2, 0) is 0 Å². The number of rotatable bonds is 1. The molecule has 0 spiro atoms. The lowest BCUT2D eigenvalue weighted by Crippen LogP contribution is -1.51. The van der Waals surface area contributed by atoms with Gasteiger partial charge in [-0.1, -0.05) is 0 Å². The van der Waals surface area contributed by atoms with Crippen molar-refractivity contribution in [3.8, 4) is 0 Å². The van der Waals surface area contributed by atoms with Gasteiger partial charge in [0.1, 0.15) is 0 Å². The van der Waals surface area contributed by atoms with Crippen LogP contribution in [0.15, 0.2) is 0 Å². The van der Waals surface area contributed by atoms with Crippen molar-refractivity contribution in [1.29, 1.82) is 0 Å². The molecule has 0 bridgehead atoms. The topological polar surface area (TPSA) is 0 Å². The van der Waals surface area contributed by atoms with Gasteiger partial charge in [0.2, 0.25) is 0 Å². The zero-order chi connectivity index (χ0) is 3.41. The van der Waals surface area contributed by atoms with Crippen LogP contribution < -0.4 is 0 Å². The van der Waals surface area contributed by atoms with Crippen LogP contribution in [0.5, 0.6) is 0 Å². The highest BCUT2D eigenvalue weighted by molar-refractivity contribution is 14.1. The molecular weight excluding hydrogens is 182 g/mol. The molecule has 0 radical (unpaired) electrons. The minimum absolute atomic E-state index is 1.21. The van der Waals surface area contributed by atoms with Crippen LogP contribution in [0.4, 0.5) is 0 Å². The van der Waals surface area contributed by atoms with Crippen molar-refractivity contribution in [2.45, 2.75) is 0 Å². The van der Waals surface area contributed by atoms with E-state index in [1.54, 1.807) is 0 Å². The molecule has 0 aliphatic rings. The van der Waals surface area contributed by atoms with Gasteiger partial charge in [-0.3, -0.25) is 0 Å². The predicted molar refractivity (Wildman–Crippen MR) is 34.7 cm³/mol. The molecule has 3 heteroatoms. The zero-order valence-corrected chi connectivity index (χ0v) is 5.47. The third kappa shape index (κ3) is 3.14. The van der Waals surface area contributed by atoms with Gasteiger partial charge in [-0.2, -0.15) is 0 Å². The Labute approximate surface area is 44.7 Å². The average molecular weight is 186 g/mol. The van der Waals surface area contributed by atoms with E-state index in [2.05, 4.69) is 28.6 Å². The Morgan fingerprint density at radius 2 is 2.25 bits per heavy atom. The summed E-state index contributed by atoms with van der Waals surface area (Å²) in [5.41, 5.74) is 0. The molecule has 0 aliphatic carbocycles. The standard InChI is InChI=1S/CH4BIS/c1-4-2-3/h2H,1H3. The van der Waals surface area contributed by atoms with Crippen molar-refractivity contribution in [1.82, 2.24) is 0 Å². The average Bonchev–Trinajstić information content (AvgIpc) is 1.37. The predicted octanol–water partition coefficient (Wildman–Crippen LogP) is 1.05. The van der Waals surface area contributed by atoms with Crippen molar-refractivity contribution < 1.29 is 0 Å². The molecular formula is CH4BIS. The molecule has 24 valence electrons. The van der Waals surface area contributed by atoms with Crippen LogP contribution in [0.2, 0.25) is 0 Å². The number of hydrogen-bond donors (Lipinski definition) is 0. The normalized spacial score (nSPS) is 6.50. The monoisotopic (exact) mass is 186 g/mol. The summed E-state index contributed by atoms with van der Waals surface area (Å²) < 4.78 is 1.21. The molecule has 4 heavy (non-hydrogen) atoms. The van der Waals surface area contributed by atoms with Gasteiger partial charge in [0.15, 0.2) is 0 Å².